The Morgan fingerprint density at radius 1 is 1.25 bits per heavy atom. The van der Waals surface area contributed by atoms with Crippen LogP contribution in [-0.4, -0.2) is 11.5 Å². The number of rotatable bonds is 5. The number of benzene rings is 1. The lowest BCUT2D eigenvalue weighted by Crippen LogP contribution is -2.23. The summed E-state index contributed by atoms with van der Waals surface area (Å²) in [6.07, 6.45) is 4.87. The fourth-order valence-corrected chi connectivity index (χ4v) is 2.58. The van der Waals surface area contributed by atoms with E-state index in [-0.39, 0.29) is 6.04 Å². The van der Waals surface area contributed by atoms with E-state index in [1.165, 1.54) is 0 Å². The van der Waals surface area contributed by atoms with Crippen molar-refractivity contribution in [1.29, 1.82) is 0 Å². The van der Waals surface area contributed by atoms with Crippen molar-refractivity contribution < 1.29 is 0 Å². The highest BCUT2D eigenvalue weighted by Crippen LogP contribution is 2.29. The van der Waals surface area contributed by atoms with E-state index in [0.29, 0.717) is 0 Å². The SMILES string of the molecule is CCCNC(c1cncc(C)c1)c1ccc(Br)c(Cl)c1. The maximum absolute atomic E-state index is 6.22. The number of halogens is 2. The van der Waals surface area contributed by atoms with E-state index in [1.807, 2.05) is 24.5 Å². The molecule has 0 saturated heterocycles. The zero-order valence-electron chi connectivity index (χ0n) is 11.7. The van der Waals surface area contributed by atoms with Crippen LogP contribution in [0.4, 0.5) is 0 Å². The van der Waals surface area contributed by atoms with Gasteiger partial charge in [0.2, 0.25) is 0 Å². The third-order valence-corrected chi connectivity index (χ3v) is 4.34. The van der Waals surface area contributed by atoms with Gasteiger partial charge in [0.25, 0.3) is 0 Å². The minimum Gasteiger partial charge on any atom is -0.306 e. The number of nitrogens with one attached hydrogen (secondary N) is 1. The normalized spacial score (nSPS) is 12.4. The Morgan fingerprint density at radius 2 is 2.05 bits per heavy atom. The Morgan fingerprint density at radius 3 is 2.70 bits per heavy atom. The summed E-state index contributed by atoms with van der Waals surface area (Å²) < 4.78 is 0.916. The van der Waals surface area contributed by atoms with Gasteiger partial charge in [0, 0.05) is 16.9 Å². The van der Waals surface area contributed by atoms with Crippen molar-refractivity contribution in [2.24, 2.45) is 0 Å². The molecule has 0 aliphatic carbocycles. The van der Waals surface area contributed by atoms with Crippen molar-refractivity contribution in [2.75, 3.05) is 6.54 Å². The molecule has 0 radical (unpaired) electrons. The van der Waals surface area contributed by atoms with E-state index >= 15 is 0 Å². The van der Waals surface area contributed by atoms with Crippen LogP contribution in [0.25, 0.3) is 0 Å². The standard InChI is InChI=1S/C16H18BrClN2/c1-3-6-20-16(13-7-11(2)9-19-10-13)12-4-5-14(17)15(18)8-12/h4-5,7-10,16,20H,3,6H2,1-2H3. The fraction of sp³-hybridized carbons (Fsp3) is 0.312. The van der Waals surface area contributed by atoms with Crippen LogP contribution in [0.5, 0.6) is 0 Å². The van der Waals surface area contributed by atoms with Crippen LogP contribution in [0.2, 0.25) is 5.02 Å². The molecule has 0 aliphatic heterocycles. The molecule has 1 aromatic heterocycles. The zero-order chi connectivity index (χ0) is 14.5. The third kappa shape index (κ3) is 3.81. The molecule has 1 aromatic carbocycles. The highest BCUT2D eigenvalue weighted by molar-refractivity contribution is 9.10. The molecular formula is C16H18BrClN2. The Hall–Kier alpha value is -0.900. The molecule has 1 unspecified atom stereocenters. The molecule has 2 rings (SSSR count). The molecule has 2 nitrogen and oxygen atoms in total. The Balaban J connectivity index is 2.38. The van der Waals surface area contributed by atoms with Gasteiger partial charge in [-0.15, -0.1) is 0 Å². The summed E-state index contributed by atoms with van der Waals surface area (Å²) in [5, 5.41) is 4.29. The molecular weight excluding hydrogens is 336 g/mol. The number of aryl methyl sites for hydroxylation is 1. The van der Waals surface area contributed by atoms with E-state index in [9.17, 15) is 0 Å². The maximum Gasteiger partial charge on any atom is 0.0592 e. The van der Waals surface area contributed by atoms with Gasteiger partial charge < -0.3 is 5.32 Å². The second kappa shape index (κ2) is 7.21. The smallest absolute Gasteiger partial charge is 0.0592 e. The molecule has 0 amide bonds. The van der Waals surface area contributed by atoms with Crippen molar-refractivity contribution in [3.8, 4) is 0 Å². The predicted molar refractivity (Wildman–Crippen MR) is 88.3 cm³/mol. The first-order chi connectivity index (χ1) is 9.61. The number of aromatic nitrogens is 1. The molecule has 0 spiro atoms. The second-order valence-corrected chi connectivity index (χ2v) is 6.12. The summed E-state index contributed by atoms with van der Waals surface area (Å²) >= 11 is 9.65. The lowest BCUT2D eigenvalue weighted by Gasteiger charge is -2.20. The van der Waals surface area contributed by atoms with Crippen molar-refractivity contribution in [1.82, 2.24) is 10.3 Å². The van der Waals surface area contributed by atoms with E-state index in [2.05, 4.69) is 52.2 Å². The van der Waals surface area contributed by atoms with E-state index in [1.54, 1.807) is 0 Å². The van der Waals surface area contributed by atoms with Gasteiger partial charge in [-0.1, -0.05) is 30.7 Å². The van der Waals surface area contributed by atoms with Crippen molar-refractivity contribution in [3.63, 3.8) is 0 Å². The zero-order valence-corrected chi connectivity index (χ0v) is 14.0. The van der Waals surface area contributed by atoms with Crippen LogP contribution in [0, 0.1) is 6.92 Å². The summed E-state index contributed by atoms with van der Waals surface area (Å²) in [5.74, 6) is 0. The van der Waals surface area contributed by atoms with Gasteiger partial charge in [-0.25, -0.2) is 0 Å². The number of hydrogen-bond donors (Lipinski definition) is 1. The lowest BCUT2D eigenvalue weighted by molar-refractivity contribution is 0.596. The van der Waals surface area contributed by atoms with Crippen molar-refractivity contribution >= 4 is 27.5 Å². The van der Waals surface area contributed by atoms with E-state index < -0.39 is 0 Å². The van der Waals surface area contributed by atoms with Gasteiger partial charge in [0.15, 0.2) is 0 Å². The third-order valence-electron chi connectivity index (χ3n) is 3.10. The Kier molecular flexibility index (Phi) is 5.58. The number of pyridine rings is 1. The first-order valence-corrected chi connectivity index (χ1v) is 7.88. The quantitative estimate of drug-likeness (QED) is 0.827. The number of hydrogen-bond acceptors (Lipinski definition) is 2. The van der Waals surface area contributed by atoms with Gasteiger partial charge in [0.05, 0.1) is 11.1 Å². The van der Waals surface area contributed by atoms with Gasteiger partial charge in [-0.2, -0.15) is 0 Å². The molecule has 2 aromatic rings. The lowest BCUT2D eigenvalue weighted by atomic mass is 9.99. The summed E-state index contributed by atoms with van der Waals surface area (Å²) in [5.41, 5.74) is 3.48. The molecule has 0 bridgehead atoms. The van der Waals surface area contributed by atoms with Gasteiger partial charge in [-0.3, -0.25) is 4.98 Å². The van der Waals surface area contributed by atoms with Crippen LogP contribution in [0.3, 0.4) is 0 Å². The molecule has 1 atom stereocenters. The van der Waals surface area contributed by atoms with Gasteiger partial charge in [0.1, 0.15) is 0 Å². The highest BCUT2D eigenvalue weighted by atomic mass is 79.9. The Bertz CT molecular complexity index is 586. The highest BCUT2D eigenvalue weighted by Gasteiger charge is 2.15. The average Bonchev–Trinajstić information content (AvgIpc) is 2.43. The molecule has 1 N–H and O–H groups in total. The second-order valence-electron chi connectivity index (χ2n) is 4.86. The van der Waals surface area contributed by atoms with Crippen molar-refractivity contribution in [3.05, 3.63) is 62.8 Å². The van der Waals surface area contributed by atoms with Gasteiger partial charge >= 0.3 is 0 Å². The predicted octanol–water partition coefficient (Wildman–Crippen LogP) is 4.89. The molecule has 0 aliphatic rings. The first-order valence-electron chi connectivity index (χ1n) is 6.71. The first kappa shape index (κ1) is 15.5. The van der Waals surface area contributed by atoms with E-state index in [0.717, 1.165) is 39.2 Å². The minimum absolute atomic E-state index is 0.118. The van der Waals surface area contributed by atoms with Gasteiger partial charge in [-0.05, 0) is 64.6 Å². The maximum atomic E-state index is 6.22. The summed E-state index contributed by atoms with van der Waals surface area (Å²) in [6, 6.07) is 8.36. The fourth-order valence-electron chi connectivity index (χ4n) is 2.14. The van der Waals surface area contributed by atoms with Crippen LogP contribution in [-0.2, 0) is 0 Å². The van der Waals surface area contributed by atoms with Crippen LogP contribution >= 0.6 is 27.5 Å². The van der Waals surface area contributed by atoms with Crippen molar-refractivity contribution in [2.45, 2.75) is 26.3 Å². The van der Waals surface area contributed by atoms with Crippen LogP contribution in [0.1, 0.15) is 36.1 Å². The average molecular weight is 354 g/mol. The molecule has 0 saturated carbocycles. The summed E-state index contributed by atoms with van der Waals surface area (Å²) in [6.45, 7) is 5.17. The number of nitrogens with zero attached hydrogens (tertiary/aromatic N) is 1. The Labute approximate surface area is 133 Å². The summed E-state index contributed by atoms with van der Waals surface area (Å²) in [4.78, 5) is 4.30. The monoisotopic (exact) mass is 352 g/mol. The topological polar surface area (TPSA) is 24.9 Å². The molecule has 0 fully saturated rings. The molecule has 4 heteroatoms. The summed E-state index contributed by atoms with van der Waals surface area (Å²) in [7, 11) is 0. The molecule has 20 heavy (non-hydrogen) atoms. The van der Waals surface area contributed by atoms with Crippen LogP contribution < -0.4 is 5.32 Å². The molecule has 1 heterocycles. The largest absolute Gasteiger partial charge is 0.306 e. The molecule has 106 valence electrons. The van der Waals surface area contributed by atoms with Crippen LogP contribution in [0.15, 0.2) is 41.1 Å². The van der Waals surface area contributed by atoms with E-state index in [4.69, 9.17) is 11.6 Å². The minimum atomic E-state index is 0.118.